The van der Waals surface area contributed by atoms with Crippen molar-refractivity contribution in [2.24, 2.45) is 5.92 Å². The van der Waals surface area contributed by atoms with Crippen molar-refractivity contribution in [2.45, 2.75) is 31.6 Å². The second kappa shape index (κ2) is 5.35. The molecule has 1 aliphatic carbocycles. The van der Waals surface area contributed by atoms with E-state index in [-0.39, 0.29) is 11.9 Å². The van der Waals surface area contributed by atoms with E-state index in [0.29, 0.717) is 5.92 Å². The molecule has 86 valence electrons. The molecule has 1 fully saturated rings. The van der Waals surface area contributed by atoms with Crippen LogP contribution >= 0.6 is 11.9 Å². The van der Waals surface area contributed by atoms with E-state index < -0.39 is 0 Å². The Morgan fingerprint density at radius 3 is 2.44 bits per heavy atom. The zero-order chi connectivity index (χ0) is 11.4. The van der Waals surface area contributed by atoms with Crippen molar-refractivity contribution in [3.05, 3.63) is 35.9 Å². The van der Waals surface area contributed by atoms with Crippen molar-refractivity contribution in [3.63, 3.8) is 0 Å². The number of carbonyl (C=O) groups excluding carboxylic acids is 1. The van der Waals surface area contributed by atoms with Crippen molar-refractivity contribution >= 4 is 17.8 Å². The molecule has 1 unspecified atom stereocenters. The molecule has 0 aliphatic heterocycles. The molecule has 0 bridgehead atoms. The summed E-state index contributed by atoms with van der Waals surface area (Å²) in [5.74, 6) is -0.130. The number of rotatable bonds is 3. The average molecular weight is 239 g/mol. The molecule has 0 radical (unpaired) electrons. The van der Waals surface area contributed by atoms with Gasteiger partial charge in [0.05, 0.1) is 5.92 Å². The third-order valence-electron chi connectivity index (χ3n) is 3.36. The van der Waals surface area contributed by atoms with Crippen molar-refractivity contribution in [3.8, 4) is 0 Å². The van der Waals surface area contributed by atoms with E-state index in [0.717, 1.165) is 18.4 Å². The quantitative estimate of drug-likeness (QED) is 0.803. The second-order valence-electron chi connectivity index (χ2n) is 4.33. The minimum atomic E-state index is -0.320. The maximum absolute atomic E-state index is 11.7. The van der Waals surface area contributed by atoms with Gasteiger partial charge >= 0.3 is 5.97 Å². The van der Waals surface area contributed by atoms with E-state index >= 15 is 0 Å². The fourth-order valence-electron chi connectivity index (χ4n) is 2.60. The first-order valence-electron chi connectivity index (χ1n) is 5.70. The maximum Gasteiger partial charge on any atom is 0.332 e. The SMILES string of the molecule is O=C(OCl)C(c1ccccc1)C1CCCC1. The molecule has 0 amide bonds. The summed E-state index contributed by atoms with van der Waals surface area (Å²) in [5, 5.41) is 0. The predicted molar refractivity (Wildman–Crippen MR) is 63.1 cm³/mol. The molecule has 1 aliphatic rings. The third kappa shape index (κ3) is 2.38. The van der Waals surface area contributed by atoms with Gasteiger partial charge in [-0.2, -0.15) is 0 Å². The van der Waals surface area contributed by atoms with Gasteiger partial charge in [-0.25, -0.2) is 4.79 Å². The van der Waals surface area contributed by atoms with Gasteiger partial charge in [0.15, 0.2) is 0 Å². The summed E-state index contributed by atoms with van der Waals surface area (Å²) in [6.07, 6.45) is 4.57. The molecule has 0 saturated heterocycles. The lowest BCUT2D eigenvalue weighted by Crippen LogP contribution is -2.20. The van der Waals surface area contributed by atoms with Crippen molar-refractivity contribution in [1.82, 2.24) is 0 Å². The van der Waals surface area contributed by atoms with Crippen LogP contribution in [0, 0.1) is 5.92 Å². The second-order valence-corrected chi connectivity index (χ2v) is 4.48. The predicted octanol–water partition coefficient (Wildman–Crippen LogP) is 3.66. The van der Waals surface area contributed by atoms with E-state index in [1.54, 1.807) is 0 Å². The first-order chi connectivity index (χ1) is 7.83. The topological polar surface area (TPSA) is 26.3 Å². The molecule has 2 nitrogen and oxygen atoms in total. The molecule has 0 spiro atoms. The monoisotopic (exact) mass is 238 g/mol. The number of carbonyl (C=O) groups is 1. The van der Waals surface area contributed by atoms with Gasteiger partial charge in [0.25, 0.3) is 0 Å². The largest absolute Gasteiger partial charge is 0.347 e. The number of halogens is 1. The van der Waals surface area contributed by atoms with Gasteiger partial charge in [0.1, 0.15) is 11.9 Å². The van der Waals surface area contributed by atoms with Gasteiger partial charge < -0.3 is 4.29 Å². The molecule has 2 rings (SSSR count). The van der Waals surface area contributed by atoms with Crippen LogP contribution in [-0.2, 0) is 9.08 Å². The normalized spacial score (nSPS) is 18.3. The summed E-state index contributed by atoms with van der Waals surface area (Å²) in [6, 6.07) is 9.77. The van der Waals surface area contributed by atoms with E-state index in [2.05, 4.69) is 4.29 Å². The zero-order valence-electron chi connectivity index (χ0n) is 9.06. The summed E-state index contributed by atoms with van der Waals surface area (Å²) in [4.78, 5) is 11.7. The Kier molecular flexibility index (Phi) is 3.83. The smallest absolute Gasteiger partial charge is 0.332 e. The molecular weight excluding hydrogens is 224 g/mol. The molecule has 3 heteroatoms. The van der Waals surface area contributed by atoms with Crippen LogP contribution in [0.4, 0.5) is 0 Å². The van der Waals surface area contributed by atoms with Gasteiger partial charge in [-0.15, -0.1) is 0 Å². The molecular formula is C13H15ClO2. The van der Waals surface area contributed by atoms with Gasteiger partial charge in [0.2, 0.25) is 0 Å². The molecule has 0 N–H and O–H groups in total. The highest BCUT2D eigenvalue weighted by Crippen LogP contribution is 2.38. The fourth-order valence-corrected chi connectivity index (χ4v) is 2.70. The summed E-state index contributed by atoms with van der Waals surface area (Å²) in [7, 11) is 0. The molecule has 0 aromatic heterocycles. The minimum Gasteiger partial charge on any atom is -0.347 e. The highest BCUT2D eigenvalue weighted by Gasteiger charge is 2.33. The lowest BCUT2D eigenvalue weighted by molar-refractivity contribution is -0.137. The Hall–Kier alpha value is -1.02. The minimum absolute atomic E-state index is 0.193. The van der Waals surface area contributed by atoms with Crippen molar-refractivity contribution in [1.29, 1.82) is 0 Å². The van der Waals surface area contributed by atoms with Crippen LogP contribution in [-0.4, -0.2) is 5.97 Å². The highest BCUT2D eigenvalue weighted by molar-refractivity contribution is 6.13. The molecule has 1 aromatic carbocycles. The average Bonchev–Trinajstić information content (AvgIpc) is 2.84. The molecule has 1 saturated carbocycles. The highest BCUT2D eigenvalue weighted by atomic mass is 35.5. The van der Waals surface area contributed by atoms with E-state index in [9.17, 15) is 4.79 Å². The summed E-state index contributed by atoms with van der Waals surface area (Å²) in [5.41, 5.74) is 1.01. The van der Waals surface area contributed by atoms with Gasteiger partial charge in [-0.3, -0.25) is 0 Å². The summed E-state index contributed by atoms with van der Waals surface area (Å²) >= 11 is 5.23. The molecule has 1 atom stereocenters. The Bertz CT molecular complexity index is 344. The fraction of sp³-hybridized carbons (Fsp3) is 0.462. The van der Waals surface area contributed by atoms with Crippen LogP contribution < -0.4 is 0 Å². The van der Waals surface area contributed by atoms with Crippen LogP contribution in [0.15, 0.2) is 30.3 Å². The Labute approximate surface area is 101 Å². The lowest BCUT2D eigenvalue weighted by atomic mass is 9.85. The first kappa shape index (κ1) is 11.5. The Morgan fingerprint density at radius 1 is 1.25 bits per heavy atom. The molecule has 1 aromatic rings. The van der Waals surface area contributed by atoms with Crippen LogP contribution in [0.3, 0.4) is 0 Å². The lowest BCUT2D eigenvalue weighted by Gasteiger charge is -2.20. The maximum atomic E-state index is 11.7. The van der Waals surface area contributed by atoms with Crippen molar-refractivity contribution < 1.29 is 9.08 Å². The Morgan fingerprint density at radius 2 is 1.88 bits per heavy atom. The van der Waals surface area contributed by atoms with Crippen LogP contribution in [0.1, 0.15) is 37.2 Å². The number of benzene rings is 1. The molecule has 16 heavy (non-hydrogen) atoms. The summed E-state index contributed by atoms with van der Waals surface area (Å²) < 4.78 is 4.41. The van der Waals surface area contributed by atoms with Crippen LogP contribution in [0.2, 0.25) is 0 Å². The summed E-state index contributed by atoms with van der Waals surface area (Å²) in [6.45, 7) is 0. The Balaban J connectivity index is 2.24. The van der Waals surface area contributed by atoms with Crippen LogP contribution in [0.5, 0.6) is 0 Å². The van der Waals surface area contributed by atoms with Crippen molar-refractivity contribution in [2.75, 3.05) is 0 Å². The van der Waals surface area contributed by atoms with Gasteiger partial charge in [0, 0.05) is 0 Å². The van der Waals surface area contributed by atoms with E-state index in [1.165, 1.54) is 12.8 Å². The third-order valence-corrected chi connectivity index (χ3v) is 3.51. The standard InChI is InChI=1S/C13H15ClO2/c14-16-13(15)12(11-8-4-5-9-11)10-6-2-1-3-7-10/h1-3,6-7,11-12H,4-5,8-9H2. The molecule has 0 heterocycles. The van der Waals surface area contributed by atoms with E-state index in [4.69, 9.17) is 11.9 Å². The number of hydrogen-bond donors (Lipinski definition) is 0. The van der Waals surface area contributed by atoms with Gasteiger partial charge in [-0.05, 0) is 24.3 Å². The first-order valence-corrected chi connectivity index (χ1v) is 6.01. The van der Waals surface area contributed by atoms with E-state index in [1.807, 2.05) is 30.3 Å². The number of hydrogen-bond acceptors (Lipinski definition) is 2. The zero-order valence-corrected chi connectivity index (χ0v) is 9.82. The van der Waals surface area contributed by atoms with Crippen LogP contribution in [0.25, 0.3) is 0 Å². The van der Waals surface area contributed by atoms with Gasteiger partial charge in [-0.1, -0.05) is 43.2 Å².